The molecule has 2 aliphatic rings. The summed E-state index contributed by atoms with van der Waals surface area (Å²) in [5, 5.41) is 8.68. The Morgan fingerprint density at radius 2 is 2.06 bits per heavy atom. The zero-order valence-electron chi connectivity index (χ0n) is 10.7. The molecule has 0 aromatic rings. The van der Waals surface area contributed by atoms with Crippen molar-refractivity contribution in [2.24, 2.45) is 16.1 Å². The summed E-state index contributed by atoms with van der Waals surface area (Å²) in [6.07, 6.45) is 6.76. The molecule has 0 bridgehead atoms. The normalized spacial score (nSPS) is 39.2. The first-order chi connectivity index (χ1) is 7.46. The first-order valence-electron chi connectivity index (χ1n) is 6.17. The van der Waals surface area contributed by atoms with Crippen molar-refractivity contribution in [1.29, 1.82) is 0 Å². The van der Waals surface area contributed by atoms with Gasteiger partial charge in [0.25, 0.3) is 0 Å². The maximum atomic E-state index is 6.05. The molecule has 0 saturated carbocycles. The van der Waals surface area contributed by atoms with E-state index in [-0.39, 0.29) is 9.66 Å². The predicted molar refractivity (Wildman–Crippen MR) is 68.2 cm³/mol. The fraction of sp³-hybridized carbons (Fsp3) is 0.833. The summed E-state index contributed by atoms with van der Waals surface area (Å²) in [6, 6.07) is 0. The van der Waals surface area contributed by atoms with Crippen LogP contribution in [0.15, 0.2) is 22.5 Å². The molecule has 0 aromatic heterocycles. The van der Waals surface area contributed by atoms with Gasteiger partial charge in [-0.05, 0) is 0 Å². The van der Waals surface area contributed by atoms with Gasteiger partial charge in [0.15, 0.2) is 0 Å². The molecule has 4 heteroatoms. The van der Waals surface area contributed by atoms with Crippen LogP contribution in [-0.2, 0) is 4.74 Å². The molecule has 3 atom stereocenters. The summed E-state index contributed by atoms with van der Waals surface area (Å²) in [4.78, 5) is 7.26. The third kappa shape index (κ3) is 2.08. The van der Waals surface area contributed by atoms with Gasteiger partial charge in [0.1, 0.15) is 0 Å². The second-order valence-corrected chi connectivity index (χ2v) is 21.2. The Hall–Kier alpha value is 0.0987. The molecule has 3 nitrogen and oxygen atoms in total. The van der Waals surface area contributed by atoms with Crippen LogP contribution in [0.2, 0.25) is 14.8 Å². The van der Waals surface area contributed by atoms with Crippen molar-refractivity contribution in [3.05, 3.63) is 12.3 Å². The van der Waals surface area contributed by atoms with E-state index in [4.69, 9.17) is 4.74 Å². The second kappa shape index (κ2) is 4.41. The summed E-state index contributed by atoms with van der Waals surface area (Å²) in [5.74, 6) is 0.700. The standard InChI is InChI=1S/C9H13N2O.3CH3.Sn/c1-7-2-3-9(12-6-7)8-4-5-10-11-8;;;;/h4-5,7,9H,2-3,6H2,1H3;3*1H3;/t7-,9?;;;;/m0..../s1. The number of nitrogens with zero attached hydrogens (tertiary/aromatic N) is 2. The van der Waals surface area contributed by atoms with E-state index in [2.05, 4.69) is 38.0 Å². The minimum absolute atomic E-state index is 0.0468. The molecule has 0 amide bonds. The van der Waals surface area contributed by atoms with Crippen LogP contribution >= 0.6 is 0 Å². The summed E-state index contributed by atoms with van der Waals surface area (Å²) >= 11 is -2.23. The zero-order valence-corrected chi connectivity index (χ0v) is 13.6. The van der Waals surface area contributed by atoms with Crippen LogP contribution in [0.3, 0.4) is 0 Å². The number of hydrogen-bond acceptors (Lipinski definition) is 3. The van der Waals surface area contributed by atoms with Gasteiger partial charge in [-0.1, -0.05) is 0 Å². The summed E-state index contributed by atoms with van der Waals surface area (Å²) in [7, 11) is 0. The van der Waals surface area contributed by atoms with Crippen LogP contribution in [0.25, 0.3) is 0 Å². The van der Waals surface area contributed by atoms with Crippen molar-refractivity contribution in [3.63, 3.8) is 0 Å². The maximum absolute atomic E-state index is 6.05. The van der Waals surface area contributed by atoms with Crippen molar-refractivity contribution >= 4 is 18.4 Å². The van der Waals surface area contributed by atoms with Crippen molar-refractivity contribution in [1.82, 2.24) is 0 Å². The molecule has 2 aliphatic heterocycles. The summed E-state index contributed by atoms with van der Waals surface area (Å²) in [5.41, 5.74) is 0. The molecule has 0 spiro atoms. The molecule has 2 heterocycles. The number of hydrogen-bond donors (Lipinski definition) is 0. The van der Waals surface area contributed by atoms with Gasteiger partial charge in [-0.25, -0.2) is 0 Å². The molecule has 2 unspecified atom stereocenters. The quantitative estimate of drug-likeness (QED) is 0.715. The van der Waals surface area contributed by atoms with Crippen molar-refractivity contribution < 1.29 is 4.74 Å². The minimum atomic E-state index is -2.23. The Bertz CT molecular complexity index is 299. The first-order valence-corrected chi connectivity index (χ1v) is 16.2. The number of ether oxygens (including phenoxy) is 1. The number of azo groups is 1. The average molecular weight is 329 g/mol. The van der Waals surface area contributed by atoms with Crippen LogP contribution in [0.1, 0.15) is 19.8 Å². The van der Waals surface area contributed by atoms with Crippen LogP contribution in [0.4, 0.5) is 0 Å². The predicted octanol–water partition coefficient (Wildman–Crippen LogP) is 3.40. The van der Waals surface area contributed by atoms with Gasteiger partial charge < -0.3 is 0 Å². The molecule has 0 aromatic carbocycles. The Morgan fingerprint density at radius 1 is 1.31 bits per heavy atom. The molecule has 90 valence electrons. The van der Waals surface area contributed by atoms with Crippen molar-refractivity contribution in [2.75, 3.05) is 6.61 Å². The third-order valence-corrected chi connectivity index (χ3v) is 12.4. The molecule has 0 N–H and O–H groups in total. The molecular formula is C12H22N2OSn. The molecule has 1 fully saturated rings. The fourth-order valence-corrected chi connectivity index (χ4v) is 8.66. The second-order valence-electron chi connectivity index (χ2n) is 6.11. The molecular weight excluding hydrogens is 307 g/mol. The van der Waals surface area contributed by atoms with Gasteiger partial charge in [-0.15, -0.1) is 0 Å². The van der Waals surface area contributed by atoms with E-state index in [9.17, 15) is 0 Å². The van der Waals surface area contributed by atoms with Crippen LogP contribution in [0, 0.1) is 5.92 Å². The Kier molecular flexibility index (Phi) is 3.46. The average Bonchev–Trinajstić information content (AvgIpc) is 2.68. The molecule has 2 rings (SSSR count). The van der Waals surface area contributed by atoms with E-state index in [1.807, 2.05) is 6.20 Å². The third-order valence-electron chi connectivity index (χ3n) is 3.81. The van der Waals surface area contributed by atoms with Gasteiger partial charge >= 0.3 is 102 Å². The van der Waals surface area contributed by atoms with Gasteiger partial charge in [0, 0.05) is 0 Å². The van der Waals surface area contributed by atoms with E-state index < -0.39 is 18.4 Å². The first kappa shape index (κ1) is 12.6. The van der Waals surface area contributed by atoms with Gasteiger partial charge in [0.2, 0.25) is 0 Å². The topological polar surface area (TPSA) is 34.0 Å². The van der Waals surface area contributed by atoms with Crippen LogP contribution < -0.4 is 0 Å². The van der Waals surface area contributed by atoms with Gasteiger partial charge in [-0.3, -0.25) is 0 Å². The van der Waals surface area contributed by atoms with Crippen LogP contribution in [0.5, 0.6) is 0 Å². The Labute approximate surface area is 102 Å². The molecule has 1 saturated heterocycles. The molecule has 16 heavy (non-hydrogen) atoms. The van der Waals surface area contributed by atoms with E-state index in [1.165, 1.54) is 6.42 Å². The zero-order chi connectivity index (χ0) is 11.8. The fourth-order valence-electron chi connectivity index (χ4n) is 2.59. The van der Waals surface area contributed by atoms with Gasteiger partial charge in [0.05, 0.1) is 0 Å². The van der Waals surface area contributed by atoms with Crippen molar-refractivity contribution in [3.8, 4) is 0 Å². The van der Waals surface area contributed by atoms with Gasteiger partial charge in [-0.2, -0.15) is 0 Å². The van der Waals surface area contributed by atoms with E-state index >= 15 is 0 Å². The summed E-state index contributed by atoms with van der Waals surface area (Å²) < 4.78 is 6.00. The van der Waals surface area contributed by atoms with Crippen LogP contribution in [-0.4, -0.2) is 34.6 Å². The molecule has 0 radical (unpaired) electrons. The Balaban J connectivity index is 2.21. The summed E-state index contributed by atoms with van der Waals surface area (Å²) in [6.45, 7) is 3.15. The molecule has 0 aliphatic carbocycles. The Morgan fingerprint density at radius 3 is 2.50 bits per heavy atom. The van der Waals surface area contributed by atoms with Crippen molar-refractivity contribution in [2.45, 2.75) is 44.2 Å². The van der Waals surface area contributed by atoms with E-state index in [0.717, 1.165) is 13.0 Å². The van der Waals surface area contributed by atoms with E-state index in [1.54, 1.807) is 0 Å². The SMILES string of the molecule is C[C@H]1CCC([C]2([Sn]([CH3])([CH3])[CH3])C=CN=N2)OC1. The van der Waals surface area contributed by atoms with E-state index in [0.29, 0.717) is 5.92 Å². The number of rotatable bonds is 2. The monoisotopic (exact) mass is 330 g/mol.